The SMILES string of the molecule is O=C(NCCc1cccc(F)c1)Nc1ccc(Cl)c([N+](=O)[O-])c1. The molecule has 23 heavy (non-hydrogen) atoms. The Kier molecular flexibility index (Phi) is 5.48. The molecule has 2 rings (SSSR count). The molecule has 0 fully saturated rings. The number of nitrogens with one attached hydrogen (secondary N) is 2. The van der Waals surface area contributed by atoms with Gasteiger partial charge in [0.2, 0.25) is 0 Å². The van der Waals surface area contributed by atoms with Gasteiger partial charge >= 0.3 is 6.03 Å². The molecular weight excluding hydrogens is 325 g/mol. The summed E-state index contributed by atoms with van der Waals surface area (Å²) < 4.78 is 13.0. The Bertz CT molecular complexity index is 740. The van der Waals surface area contributed by atoms with Crippen LogP contribution in [0.4, 0.5) is 20.6 Å². The third kappa shape index (κ3) is 4.93. The van der Waals surface area contributed by atoms with Crippen molar-refractivity contribution in [1.29, 1.82) is 0 Å². The van der Waals surface area contributed by atoms with Crippen LogP contribution in [0.25, 0.3) is 0 Å². The number of nitro groups is 1. The highest BCUT2D eigenvalue weighted by Gasteiger charge is 2.13. The van der Waals surface area contributed by atoms with Crippen molar-refractivity contribution < 1.29 is 14.1 Å². The Labute approximate surface area is 136 Å². The molecule has 8 heteroatoms. The van der Waals surface area contributed by atoms with Crippen LogP contribution in [0.2, 0.25) is 5.02 Å². The predicted molar refractivity (Wildman–Crippen MR) is 85.2 cm³/mol. The van der Waals surface area contributed by atoms with E-state index >= 15 is 0 Å². The van der Waals surface area contributed by atoms with E-state index in [4.69, 9.17) is 11.6 Å². The fourth-order valence-electron chi connectivity index (χ4n) is 1.92. The lowest BCUT2D eigenvalue weighted by atomic mass is 10.1. The molecule has 0 heterocycles. The zero-order chi connectivity index (χ0) is 16.8. The number of anilines is 1. The maximum Gasteiger partial charge on any atom is 0.319 e. The molecule has 2 aromatic carbocycles. The van der Waals surface area contributed by atoms with Gasteiger partial charge in [0, 0.05) is 18.3 Å². The molecule has 0 atom stereocenters. The average Bonchev–Trinajstić information content (AvgIpc) is 2.49. The minimum absolute atomic E-state index is 0.00735. The van der Waals surface area contributed by atoms with Gasteiger partial charge < -0.3 is 10.6 Å². The van der Waals surface area contributed by atoms with Crippen molar-refractivity contribution in [3.8, 4) is 0 Å². The Balaban J connectivity index is 1.87. The van der Waals surface area contributed by atoms with Gasteiger partial charge in [0.1, 0.15) is 10.8 Å². The van der Waals surface area contributed by atoms with E-state index in [2.05, 4.69) is 10.6 Å². The summed E-state index contributed by atoms with van der Waals surface area (Å²) >= 11 is 5.69. The van der Waals surface area contributed by atoms with Crippen LogP contribution in [-0.2, 0) is 6.42 Å². The summed E-state index contributed by atoms with van der Waals surface area (Å²) in [5, 5.41) is 15.8. The van der Waals surface area contributed by atoms with Gasteiger partial charge in [-0.05, 0) is 36.2 Å². The van der Waals surface area contributed by atoms with E-state index in [0.717, 1.165) is 5.56 Å². The minimum Gasteiger partial charge on any atom is -0.338 e. The van der Waals surface area contributed by atoms with Crippen LogP contribution in [0.5, 0.6) is 0 Å². The van der Waals surface area contributed by atoms with Gasteiger partial charge in [0.05, 0.1) is 4.92 Å². The number of hydrogen-bond acceptors (Lipinski definition) is 3. The van der Waals surface area contributed by atoms with Gasteiger partial charge in [-0.25, -0.2) is 9.18 Å². The summed E-state index contributed by atoms with van der Waals surface area (Å²) in [6.07, 6.45) is 0.464. The van der Waals surface area contributed by atoms with Crippen molar-refractivity contribution in [3.05, 3.63) is 69.0 Å². The number of benzene rings is 2. The van der Waals surface area contributed by atoms with Gasteiger partial charge in [-0.2, -0.15) is 0 Å². The second-order valence-corrected chi connectivity index (χ2v) is 5.09. The minimum atomic E-state index is -0.630. The van der Waals surface area contributed by atoms with E-state index in [0.29, 0.717) is 13.0 Å². The maximum atomic E-state index is 13.0. The zero-order valence-corrected chi connectivity index (χ0v) is 12.6. The fourth-order valence-corrected chi connectivity index (χ4v) is 2.11. The summed E-state index contributed by atoms with van der Waals surface area (Å²) in [4.78, 5) is 21.9. The number of nitro benzene ring substituents is 1. The summed E-state index contributed by atoms with van der Waals surface area (Å²) in [6, 6.07) is 9.54. The molecule has 0 aliphatic rings. The van der Waals surface area contributed by atoms with Gasteiger partial charge in [-0.3, -0.25) is 10.1 Å². The molecule has 6 nitrogen and oxygen atoms in total. The number of urea groups is 1. The lowest BCUT2D eigenvalue weighted by molar-refractivity contribution is -0.384. The molecule has 0 saturated carbocycles. The number of carbonyl (C=O) groups excluding carboxylic acids is 1. The fraction of sp³-hybridized carbons (Fsp3) is 0.133. The summed E-state index contributed by atoms with van der Waals surface area (Å²) in [5.41, 5.74) is 0.723. The van der Waals surface area contributed by atoms with Crippen molar-refractivity contribution in [1.82, 2.24) is 5.32 Å². The molecule has 2 N–H and O–H groups in total. The molecule has 120 valence electrons. The zero-order valence-electron chi connectivity index (χ0n) is 11.9. The number of nitrogens with zero attached hydrogens (tertiary/aromatic N) is 1. The highest BCUT2D eigenvalue weighted by molar-refractivity contribution is 6.32. The second kappa shape index (κ2) is 7.55. The largest absolute Gasteiger partial charge is 0.338 e. The van der Waals surface area contributed by atoms with Gasteiger partial charge in [0.25, 0.3) is 5.69 Å². The summed E-state index contributed by atoms with van der Waals surface area (Å²) in [6.45, 7) is 0.297. The monoisotopic (exact) mass is 337 g/mol. The molecule has 2 aromatic rings. The first kappa shape index (κ1) is 16.7. The standard InChI is InChI=1S/C15H13ClFN3O3/c16-13-5-4-12(9-14(13)20(22)23)19-15(21)18-7-6-10-2-1-3-11(17)8-10/h1-5,8-9H,6-7H2,(H2,18,19,21). The van der Waals surface area contributed by atoms with Crippen LogP contribution >= 0.6 is 11.6 Å². The van der Waals surface area contributed by atoms with Crippen LogP contribution < -0.4 is 10.6 Å². The Morgan fingerprint density at radius 1 is 1.26 bits per heavy atom. The lowest BCUT2D eigenvalue weighted by Gasteiger charge is -2.08. The first-order chi connectivity index (χ1) is 11.0. The lowest BCUT2D eigenvalue weighted by Crippen LogP contribution is -2.30. The summed E-state index contributed by atoms with van der Waals surface area (Å²) in [5.74, 6) is -0.333. The highest BCUT2D eigenvalue weighted by atomic mass is 35.5. The van der Waals surface area contributed by atoms with E-state index in [1.165, 1.54) is 30.3 Å². The Hall–Kier alpha value is -2.67. The van der Waals surface area contributed by atoms with Crippen LogP contribution in [0, 0.1) is 15.9 Å². The van der Waals surface area contributed by atoms with E-state index in [1.54, 1.807) is 12.1 Å². The second-order valence-electron chi connectivity index (χ2n) is 4.68. The number of halogens is 2. The van der Waals surface area contributed by atoms with Crippen molar-refractivity contribution in [2.45, 2.75) is 6.42 Å². The van der Waals surface area contributed by atoms with Crippen LogP contribution in [0.3, 0.4) is 0 Å². The topological polar surface area (TPSA) is 84.3 Å². The maximum absolute atomic E-state index is 13.0. The van der Waals surface area contributed by atoms with E-state index in [1.807, 2.05) is 0 Å². The van der Waals surface area contributed by atoms with E-state index in [-0.39, 0.29) is 22.2 Å². The van der Waals surface area contributed by atoms with Crippen molar-refractivity contribution >= 4 is 29.0 Å². The first-order valence-corrected chi connectivity index (χ1v) is 7.07. The van der Waals surface area contributed by atoms with E-state index in [9.17, 15) is 19.3 Å². The molecule has 0 spiro atoms. The predicted octanol–water partition coefficient (Wildman–Crippen LogP) is 3.75. The van der Waals surface area contributed by atoms with Crippen molar-refractivity contribution in [3.63, 3.8) is 0 Å². The van der Waals surface area contributed by atoms with Gasteiger partial charge in [-0.15, -0.1) is 0 Å². The molecule has 0 saturated heterocycles. The molecule has 0 bridgehead atoms. The van der Waals surface area contributed by atoms with E-state index < -0.39 is 11.0 Å². The third-order valence-corrected chi connectivity index (χ3v) is 3.31. The normalized spacial score (nSPS) is 10.2. The van der Waals surface area contributed by atoms with Crippen molar-refractivity contribution in [2.24, 2.45) is 0 Å². The number of hydrogen-bond donors (Lipinski definition) is 2. The molecule has 0 aliphatic heterocycles. The van der Waals surface area contributed by atoms with Crippen LogP contribution in [0.1, 0.15) is 5.56 Å². The number of carbonyl (C=O) groups is 1. The average molecular weight is 338 g/mol. The molecule has 2 amide bonds. The Morgan fingerprint density at radius 3 is 2.74 bits per heavy atom. The van der Waals surface area contributed by atoms with Crippen molar-refractivity contribution in [2.75, 3.05) is 11.9 Å². The smallest absolute Gasteiger partial charge is 0.319 e. The highest BCUT2D eigenvalue weighted by Crippen LogP contribution is 2.27. The molecule has 0 aliphatic carbocycles. The van der Waals surface area contributed by atoms with Gasteiger partial charge in [0.15, 0.2) is 0 Å². The molecule has 0 radical (unpaired) electrons. The Morgan fingerprint density at radius 2 is 2.04 bits per heavy atom. The molecule has 0 aromatic heterocycles. The summed E-state index contributed by atoms with van der Waals surface area (Å²) in [7, 11) is 0. The third-order valence-electron chi connectivity index (χ3n) is 2.99. The number of amides is 2. The quantitative estimate of drug-likeness (QED) is 0.643. The number of rotatable bonds is 5. The van der Waals surface area contributed by atoms with Crippen LogP contribution in [0.15, 0.2) is 42.5 Å². The first-order valence-electron chi connectivity index (χ1n) is 6.69. The molecular formula is C15H13ClFN3O3. The van der Waals surface area contributed by atoms with Crippen LogP contribution in [-0.4, -0.2) is 17.5 Å². The van der Waals surface area contributed by atoms with Gasteiger partial charge in [-0.1, -0.05) is 23.7 Å². The molecule has 0 unspecified atom stereocenters.